The number of hydrogen-bond acceptors (Lipinski definition) is 3. The van der Waals surface area contributed by atoms with Gasteiger partial charge in [-0.05, 0) is 32.1 Å². The fraction of sp³-hybridized carbons (Fsp3) is 0.833. The Balaban J connectivity index is 1.89. The fourth-order valence-corrected chi connectivity index (χ4v) is 2.45. The zero-order valence-electron chi connectivity index (χ0n) is 10.5. The molecule has 0 spiro atoms. The maximum atomic E-state index is 4.46. The van der Waals surface area contributed by atoms with Gasteiger partial charge in [-0.3, -0.25) is 5.10 Å². The molecule has 1 aromatic rings. The number of hydrogen-bond donors (Lipinski definition) is 2. The number of nitrogens with one attached hydrogen (secondary N) is 2. The van der Waals surface area contributed by atoms with Crippen molar-refractivity contribution in [2.75, 3.05) is 0 Å². The van der Waals surface area contributed by atoms with Crippen LogP contribution >= 0.6 is 0 Å². The fourth-order valence-electron chi connectivity index (χ4n) is 2.45. The summed E-state index contributed by atoms with van der Waals surface area (Å²) >= 11 is 0. The van der Waals surface area contributed by atoms with E-state index < -0.39 is 0 Å². The van der Waals surface area contributed by atoms with Crippen molar-refractivity contribution < 1.29 is 0 Å². The summed E-state index contributed by atoms with van der Waals surface area (Å²) in [5.41, 5.74) is 0. The minimum atomic E-state index is 0.256. The van der Waals surface area contributed by atoms with Crippen molar-refractivity contribution in [3.05, 3.63) is 11.6 Å². The maximum Gasteiger partial charge on any atom is 0.167 e. The number of rotatable bonds is 4. The highest BCUT2D eigenvalue weighted by molar-refractivity contribution is 4.96. The molecule has 3 atom stereocenters. The van der Waals surface area contributed by atoms with Gasteiger partial charge in [-0.2, -0.15) is 5.10 Å². The van der Waals surface area contributed by atoms with E-state index in [0.717, 1.165) is 24.0 Å². The Hall–Kier alpha value is -0.900. The van der Waals surface area contributed by atoms with Crippen LogP contribution in [0.1, 0.15) is 57.7 Å². The Bertz CT molecular complexity index is 334. The molecule has 1 saturated carbocycles. The van der Waals surface area contributed by atoms with Gasteiger partial charge in [-0.1, -0.05) is 13.8 Å². The Morgan fingerprint density at radius 3 is 2.88 bits per heavy atom. The quantitative estimate of drug-likeness (QED) is 0.821. The van der Waals surface area contributed by atoms with Gasteiger partial charge in [0.25, 0.3) is 0 Å². The molecular weight excluding hydrogens is 200 g/mol. The van der Waals surface area contributed by atoms with Gasteiger partial charge in [0.05, 0.1) is 6.04 Å². The van der Waals surface area contributed by atoms with Gasteiger partial charge in [0.2, 0.25) is 0 Å². The summed E-state index contributed by atoms with van der Waals surface area (Å²) in [6.45, 7) is 6.56. The maximum absolute atomic E-state index is 4.46. The van der Waals surface area contributed by atoms with Crippen molar-refractivity contribution in [1.29, 1.82) is 0 Å². The Kier molecular flexibility index (Phi) is 3.59. The van der Waals surface area contributed by atoms with Gasteiger partial charge in [-0.15, -0.1) is 0 Å². The molecule has 0 aliphatic heterocycles. The van der Waals surface area contributed by atoms with Crippen LogP contribution < -0.4 is 5.32 Å². The lowest BCUT2D eigenvalue weighted by atomic mass is 10.1. The highest BCUT2D eigenvalue weighted by Gasteiger charge is 2.23. The number of aryl methyl sites for hydroxylation is 1. The standard InChI is InChI=1S/C12H22N4/c1-4-11-14-12(16-15-11)9(3)13-10-6-5-8(2)7-10/h8-10,13H,4-7H2,1-3H3,(H,14,15,16). The van der Waals surface area contributed by atoms with E-state index in [1.165, 1.54) is 19.3 Å². The van der Waals surface area contributed by atoms with Gasteiger partial charge in [-0.25, -0.2) is 4.98 Å². The molecule has 2 N–H and O–H groups in total. The molecule has 1 aromatic heterocycles. The van der Waals surface area contributed by atoms with E-state index in [-0.39, 0.29) is 6.04 Å². The predicted molar refractivity (Wildman–Crippen MR) is 64.1 cm³/mol. The van der Waals surface area contributed by atoms with Crippen LogP contribution in [0.25, 0.3) is 0 Å². The van der Waals surface area contributed by atoms with E-state index in [1.54, 1.807) is 0 Å². The first-order valence-corrected chi connectivity index (χ1v) is 6.36. The topological polar surface area (TPSA) is 53.6 Å². The van der Waals surface area contributed by atoms with Crippen LogP contribution in [-0.2, 0) is 6.42 Å². The normalized spacial score (nSPS) is 27.2. The SMILES string of the molecule is CCc1nc(C(C)NC2CCC(C)C2)n[nH]1. The van der Waals surface area contributed by atoms with Crippen LogP contribution in [0.3, 0.4) is 0 Å². The average molecular weight is 222 g/mol. The van der Waals surface area contributed by atoms with Gasteiger partial charge in [0.1, 0.15) is 5.82 Å². The lowest BCUT2D eigenvalue weighted by Crippen LogP contribution is -2.29. The minimum absolute atomic E-state index is 0.256. The van der Waals surface area contributed by atoms with Crippen LogP contribution in [0.2, 0.25) is 0 Å². The van der Waals surface area contributed by atoms with E-state index in [1.807, 2.05) is 0 Å². The first-order valence-electron chi connectivity index (χ1n) is 6.36. The molecule has 4 heteroatoms. The third-order valence-corrected chi connectivity index (χ3v) is 3.45. The summed E-state index contributed by atoms with van der Waals surface area (Å²) in [4.78, 5) is 4.46. The average Bonchev–Trinajstić information content (AvgIpc) is 2.87. The summed E-state index contributed by atoms with van der Waals surface area (Å²) in [5.74, 6) is 2.74. The molecular formula is C12H22N4. The zero-order valence-corrected chi connectivity index (χ0v) is 10.5. The molecule has 0 saturated heterocycles. The van der Waals surface area contributed by atoms with Crippen molar-refractivity contribution in [3.8, 4) is 0 Å². The summed E-state index contributed by atoms with van der Waals surface area (Å²) in [7, 11) is 0. The Labute approximate surface area is 97.2 Å². The van der Waals surface area contributed by atoms with Gasteiger partial charge in [0, 0.05) is 12.5 Å². The molecule has 1 heterocycles. The first kappa shape index (κ1) is 11.6. The number of aromatic amines is 1. The summed E-state index contributed by atoms with van der Waals surface area (Å²) in [6.07, 6.45) is 4.84. The number of nitrogens with zero attached hydrogens (tertiary/aromatic N) is 2. The molecule has 1 aliphatic carbocycles. The molecule has 2 rings (SSSR count). The summed E-state index contributed by atoms with van der Waals surface area (Å²) in [6, 6.07) is 0.903. The second-order valence-electron chi connectivity index (χ2n) is 5.00. The van der Waals surface area contributed by atoms with Crippen molar-refractivity contribution in [3.63, 3.8) is 0 Å². The van der Waals surface area contributed by atoms with E-state index in [0.29, 0.717) is 6.04 Å². The van der Waals surface area contributed by atoms with Crippen LogP contribution in [-0.4, -0.2) is 21.2 Å². The second kappa shape index (κ2) is 4.95. The molecule has 16 heavy (non-hydrogen) atoms. The molecule has 0 aromatic carbocycles. The first-order chi connectivity index (χ1) is 7.69. The number of aromatic nitrogens is 3. The molecule has 4 nitrogen and oxygen atoms in total. The van der Waals surface area contributed by atoms with E-state index >= 15 is 0 Å². The molecule has 0 bridgehead atoms. The van der Waals surface area contributed by atoms with Crippen LogP contribution in [0, 0.1) is 5.92 Å². The smallest absolute Gasteiger partial charge is 0.167 e. The largest absolute Gasteiger partial charge is 0.305 e. The van der Waals surface area contributed by atoms with E-state index in [2.05, 4.69) is 41.3 Å². The third kappa shape index (κ3) is 2.61. The second-order valence-corrected chi connectivity index (χ2v) is 5.00. The van der Waals surface area contributed by atoms with Crippen molar-refractivity contribution in [1.82, 2.24) is 20.5 Å². The highest BCUT2D eigenvalue weighted by atomic mass is 15.2. The van der Waals surface area contributed by atoms with Gasteiger partial charge >= 0.3 is 0 Å². The van der Waals surface area contributed by atoms with Crippen LogP contribution in [0.4, 0.5) is 0 Å². The molecule has 1 aliphatic rings. The summed E-state index contributed by atoms with van der Waals surface area (Å²) in [5, 5.41) is 10.8. The minimum Gasteiger partial charge on any atom is -0.305 e. The lowest BCUT2D eigenvalue weighted by molar-refractivity contribution is 0.437. The molecule has 1 fully saturated rings. The predicted octanol–water partition coefficient (Wildman–Crippen LogP) is 2.21. The van der Waals surface area contributed by atoms with Crippen molar-refractivity contribution in [2.45, 2.75) is 58.5 Å². The highest BCUT2D eigenvalue weighted by Crippen LogP contribution is 2.26. The molecule has 90 valence electrons. The van der Waals surface area contributed by atoms with Crippen LogP contribution in [0.15, 0.2) is 0 Å². The van der Waals surface area contributed by atoms with Crippen molar-refractivity contribution in [2.24, 2.45) is 5.92 Å². The molecule has 0 radical (unpaired) electrons. The zero-order chi connectivity index (χ0) is 11.5. The van der Waals surface area contributed by atoms with Gasteiger partial charge < -0.3 is 5.32 Å². The Morgan fingerprint density at radius 1 is 1.50 bits per heavy atom. The van der Waals surface area contributed by atoms with Gasteiger partial charge in [0.15, 0.2) is 5.82 Å². The number of H-pyrrole nitrogens is 1. The third-order valence-electron chi connectivity index (χ3n) is 3.45. The van der Waals surface area contributed by atoms with E-state index in [4.69, 9.17) is 0 Å². The van der Waals surface area contributed by atoms with E-state index in [9.17, 15) is 0 Å². The van der Waals surface area contributed by atoms with Crippen LogP contribution in [0.5, 0.6) is 0 Å². The molecule has 3 unspecified atom stereocenters. The Morgan fingerprint density at radius 2 is 2.31 bits per heavy atom. The van der Waals surface area contributed by atoms with Crippen molar-refractivity contribution >= 4 is 0 Å². The molecule has 0 amide bonds. The summed E-state index contributed by atoms with van der Waals surface area (Å²) < 4.78 is 0. The lowest BCUT2D eigenvalue weighted by Gasteiger charge is -2.16. The monoisotopic (exact) mass is 222 g/mol.